The second-order valence-electron chi connectivity index (χ2n) is 8.86. The van der Waals surface area contributed by atoms with Crippen molar-refractivity contribution in [1.82, 2.24) is 25.1 Å². The molecule has 1 saturated carbocycles. The lowest BCUT2D eigenvalue weighted by atomic mass is 9.84. The standard InChI is InChI=1S/C25H38N6O/c1-4-26-24(29-20-25(14-8-9-15-25)23(32)30(2)3)28-19-22-27-16-18-31(22)17-10-13-21-11-6-5-7-12-21/h5-7,11-12,16,18H,4,8-10,13-15,17,19-20H2,1-3H3,(H2,26,28,29). The largest absolute Gasteiger partial charge is 0.357 e. The summed E-state index contributed by atoms with van der Waals surface area (Å²) < 4.78 is 2.18. The molecule has 7 nitrogen and oxygen atoms in total. The van der Waals surface area contributed by atoms with Gasteiger partial charge in [-0.2, -0.15) is 0 Å². The van der Waals surface area contributed by atoms with Crippen LogP contribution in [0.25, 0.3) is 0 Å². The molecule has 0 saturated heterocycles. The van der Waals surface area contributed by atoms with Crippen molar-refractivity contribution in [3.63, 3.8) is 0 Å². The van der Waals surface area contributed by atoms with Crippen LogP contribution >= 0.6 is 0 Å². The Labute approximate surface area is 192 Å². The van der Waals surface area contributed by atoms with Crippen LogP contribution in [0.15, 0.2) is 47.7 Å². The summed E-state index contributed by atoms with van der Waals surface area (Å²) in [4.78, 5) is 23.8. The fourth-order valence-corrected chi connectivity index (χ4v) is 4.53. The Balaban J connectivity index is 1.58. The molecule has 2 aromatic rings. The van der Waals surface area contributed by atoms with Crippen LogP contribution in [0.2, 0.25) is 0 Å². The Bertz CT molecular complexity index is 868. The van der Waals surface area contributed by atoms with Crippen LogP contribution in [0, 0.1) is 5.41 Å². The highest BCUT2D eigenvalue weighted by Crippen LogP contribution is 2.38. The van der Waals surface area contributed by atoms with Crippen molar-refractivity contribution in [2.45, 2.75) is 58.5 Å². The van der Waals surface area contributed by atoms with Gasteiger partial charge in [0.1, 0.15) is 12.4 Å². The topological polar surface area (TPSA) is 74.5 Å². The SMILES string of the molecule is CCNC(=NCc1nccn1CCCc1ccccc1)NCC1(C(=O)N(C)C)CCCC1. The summed E-state index contributed by atoms with van der Waals surface area (Å²) in [6.07, 6.45) is 10.1. The molecule has 1 amide bonds. The van der Waals surface area contributed by atoms with E-state index in [-0.39, 0.29) is 11.3 Å². The first kappa shape index (κ1) is 23.8. The maximum Gasteiger partial charge on any atom is 0.230 e. The van der Waals surface area contributed by atoms with E-state index in [1.165, 1.54) is 5.56 Å². The van der Waals surface area contributed by atoms with E-state index in [9.17, 15) is 4.79 Å². The number of rotatable bonds is 10. The Kier molecular flexibility index (Phi) is 8.71. The van der Waals surface area contributed by atoms with E-state index in [1.54, 1.807) is 4.90 Å². The molecule has 2 N–H and O–H groups in total. The van der Waals surface area contributed by atoms with E-state index < -0.39 is 0 Å². The summed E-state index contributed by atoms with van der Waals surface area (Å²) in [5.74, 6) is 1.91. The van der Waals surface area contributed by atoms with Crippen molar-refractivity contribution >= 4 is 11.9 Å². The van der Waals surface area contributed by atoms with Gasteiger partial charge in [0.25, 0.3) is 0 Å². The highest BCUT2D eigenvalue weighted by atomic mass is 16.2. The highest BCUT2D eigenvalue weighted by Gasteiger charge is 2.42. The number of hydrogen-bond acceptors (Lipinski definition) is 3. The lowest BCUT2D eigenvalue weighted by Gasteiger charge is -2.31. The van der Waals surface area contributed by atoms with Gasteiger partial charge in [-0.1, -0.05) is 43.2 Å². The number of aliphatic imine (C=N–C) groups is 1. The molecule has 0 radical (unpaired) electrons. The second kappa shape index (κ2) is 11.7. The number of hydrogen-bond donors (Lipinski definition) is 2. The zero-order chi connectivity index (χ0) is 22.8. The van der Waals surface area contributed by atoms with Gasteiger partial charge in [0.15, 0.2) is 5.96 Å². The molecule has 0 atom stereocenters. The molecule has 1 heterocycles. The second-order valence-corrected chi connectivity index (χ2v) is 8.86. The van der Waals surface area contributed by atoms with Crippen molar-refractivity contribution in [1.29, 1.82) is 0 Å². The third-order valence-corrected chi connectivity index (χ3v) is 6.25. The van der Waals surface area contributed by atoms with Crippen molar-refractivity contribution in [2.75, 3.05) is 27.2 Å². The molecule has 1 aliphatic rings. The summed E-state index contributed by atoms with van der Waals surface area (Å²) in [6.45, 7) is 4.86. The predicted molar refractivity (Wildman–Crippen MR) is 129 cm³/mol. The summed E-state index contributed by atoms with van der Waals surface area (Å²) in [7, 11) is 3.69. The minimum Gasteiger partial charge on any atom is -0.357 e. The molecule has 0 aliphatic heterocycles. The van der Waals surface area contributed by atoms with Crippen molar-refractivity contribution in [3.05, 3.63) is 54.1 Å². The Morgan fingerprint density at radius 1 is 1.19 bits per heavy atom. The van der Waals surface area contributed by atoms with Crippen molar-refractivity contribution in [2.24, 2.45) is 10.4 Å². The number of carbonyl (C=O) groups excluding carboxylic acids is 1. The molecule has 7 heteroatoms. The van der Waals surface area contributed by atoms with Gasteiger partial charge in [-0.25, -0.2) is 9.98 Å². The Morgan fingerprint density at radius 3 is 2.62 bits per heavy atom. The number of nitrogens with one attached hydrogen (secondary N) is 2. The average molecular weight is 439 g/mol. The summed E-state index contributed by atoms with van der Waals surface area (Å²) in [5.41, 5.74) is 1.04. The normalized spacial score (nSPS) is 15.5. The van der Waals surface area contributed by atoms with Crippen LogP contribution < -0.4 is 10.6 Å². The first-order valence-electron chi connectivity index (χ1n) is 11.8. The number of amides is 1. The molecule has 1 aromatic heterocycles. The molecule has 1 aromatic carbocycles. The highest BCUT2D eigenvalue weighted by molar-refractivity contribution is 5.85. The maximum absolute atomic E-state index is 12.8. The van der Waals surface area contributed by atoms with Crippen LogP contribution in [0.1, 0.15) is 50.4 Å². The van der Waals surface area contributed by atoms with E-state index in [0.29, 0.717) is 13.1 Å². The number of aromatic nitrogens is 2. The molecule has 1 aliphatic carbocycles. The number of imidazole rings is 1. The molecule has 0 unspecified atom stereocenters. The third kappa shape index (κ3) is 6.34. The third-order valence-electron chi connectivity index (χ3n) is 6.25. The van der Waals surface area contributed by atoms with Crippen LogP contribution in [-0.2, 0) is 24.3 Å². The molecular formula is C25H38N6O. The number of carbonyl (C=O) groups is 1. The fraction of sp³-hybridized carbons (Fsp3) is 0.560. The van der Waals surface area contributed by atoms with Gasteiger partial charge in [0.05, 0.1) is 5.41 Å². The van der Waals surface area contributed by atoms with Gasteiger partial charge >= 0.3 is 0 Å². The lowest BCUT2D eigenvalue weighted by Crippen LogP contribution is -2.49. The van der Waals surface area contributed by atoms with Gasteiger partial charge in [-0.15, -0.1) is 0 Å². The van der Waals surface area contributed by atoms with Gasteiger partial charge < -0.3 is 20.1 Å². The zero-order valence-corrected chi connectivity index (χ0v) is 19.8. The van der Waals surface area contributed by atoms with E-state index in [4.69, 9.17) is 4.99 Å². The fourth-order valence-electron chi connectivity index (χ4n) is 4.53. The quantitative estimate of drug-likeness (QED) is 0.441. The van der Waals surface area contributed by atoms with E-state index in [2.05, 4.69) is 57.4 Å². The van der Waals surface area contributed by atoms with Crippen molar-refractivity contribution in [3.8, 4) is 0 Å². The predicted octanol–water partition coefficient (Wildman–Crippen LogP) is 3.22. The van der Waals surface area contributed by atoms with Gasteiger partial charge in [-0.05, 0) is 38.2 Å². The summed E-state index contributed by atoms with van der Waals surface area (Å²) >= 11 is 0. The maximum atomic E-state index is 12.8. The summed E-state index contributed by atoms with van der Waals surface area (Å²) in [5, 5.41) is 6.76. The summed E-state index contributed by atoms with van der Waals surface area (Å²) in [6, 6.07) is 10.6. The van der Waals surface area contributed by atoms with Crippen LogP contribution in [0.3, 0.4) is 0 Å². The lowest BCUT2D eigenvalue weighted by molar-refractivity contribution is -0.138. The Morgan fingerprint density at radius 2 is 1.94 bits per heavy atom. The van der Waals surface area contributed by atoms with Gasteiger partial charge in [0, 0.05) is 46.1 Å². The number of aryl methyl sites for hydroxylation is 2. The van der Waals surface area contributed by atoms with Crippen LogP contribution in [0.4, 0.5) is 0 Å². The zero-order valence-electron chi connectivity index (χ0n) is 19.8. The number of nitrogens with zero attached hydrogens (tertiary/aromatic N) is 4. The first-order chi connectivity index (χ1) is 15.5. The van der Waals surface area contributed by atoms with E-state index in [0.717, 1.165) is 63.4 Å². The minimum absolute atomic E-state index is 0.215. The molecule has 3 rings (SSSR count). The molecule has 0 spiro atoms. The van der Waals surface area contributed by atoms with Crippen LogP contribution in [0.5, 0.6) is 0 Å². The van der Waals surface area contributed by atoms with Gasteiger partial charge in [0.2, 0.25) is 5.91 Å². The van der Waals surface area contributed by atoms with E-state index >= 15 is 0 Å². The molecule has 32 heavy (non-hydrogen) atoms. The number of benzene rings is 1. The monoisotopic (exact) mass is 438 g/mol. The minimum atomic E-state index is -0.324. The molecule has 1 fully saturated rings. The smallest absolute Gasteiger partial charge is 0.230 e. The van der Waals surface area contributed by atoms with Gasteiger partial charge in [-0.3, -0.25) is 4.79 Å². The van der Waals surface area contributed by atoms with Crippen molar-refractivity contribution < 1.29 is 4.79 Å². The molecule has 0 bridgehead atoms. The molecule has 174 valence electrons. The first-order valence-corrected chi connectivity index (χ1v) is 11.8. The molecular weight excluding hydrogens is 400 g/mol. The van der Waals surface area contributed by atoms with Crippen LogP contribution in [-0.4, -0.2) is 53.5 Å². The number of guanidine groups is 1. The Hall–Kier alpha value is -2.83. The average Bonchev–Trinajstić information content (AvgIpc) is 3.46. The van der Waals surface area contributed by atoms with E-state index in [1.807, 2.05) is 26.5 Å².